The molecule has 0 aliphatic rings. The summed E-state index contributed by atoms with van der Waals surface area (Å²) in [5.41, 5.74) is 0. The van der Waals surface area contributed by atoms with Gasteiger partial charge in [-0.05, 0) is 30.7 Å². The minimum Gasteiger partial charge on any atom is -0.508 e. The molecule has 2 rings (SSSR count). The van der Waals surface area contributed by atoms with Crippen molar-refractivity contribution >= 4 is 0 Å². The Balaban J connectivity index is 0.000000318. The number of para-hydroxylation sites is 2. The average Bonchev–Trinajstić information content (AvgIpc) is 2.49. The van der Waals surface area contributed by atoms with E-state index < -0.39 is 5.97 Å². The molecule has 5 nitrogen and oxygen atoms in total. The quantitative estimate of drug-likeness (QED) is 0.440. The van der Waals surface area contributed by atoms with Gasteiger partial charge in [-0.15, -0.1) is 0 Å². The Bertz CT molecular complexity index is 442. The minimum absolute atomic E-state index is 0.0425. The molecule has 2 aromatic carbocycles. The van der Waals surface area contributed by atoms with Crippen LogP contribution in [0, 0.1) is 0 Å². The largest absolute Gasteiger partial charge is 0.508 e. The predicted molar refractivity (Wildman–Crippen MR) is 89.7 cm³/mol. The molecule has 0 radical (unpaired) electrons. The summed E-state index contributed by atoms with van der Waals surface area (Å²) < 4.78 is 0. The second-order valence-corrected chi connectivity index (χ2v) is 4.90. The Hall–Kier alpha value is -2.08. The molecule has 0 atom stereocenters. The van der Waals surface area contributed by atoms with E-state index in [1.54, 1.807) is 48.5 Å². The topological polar surface area (TPSA) is 101 Å². The number of hydrogen-bond acceptors (Lipinski definition) is 5. The zero-order valence-electron chi connectivity index (χ0n) is 13.3. The van der Waals surface area contributed by atoms with Gasteiger partial charge in [-0.3, -0.25) is 0 Å². The molecule has 0 saturated heterocycles. The van der Waals surface area contributed by atoms with Crippen LogP contribution in [-0.2, 0) is 0 Å². The van der Waals surface area contributed by atoms with Crippen LogP contribution in [-0.4, -0.2) is 31.5 Å². The van der Waals surface area contributed by atoms with E-state index in [1.807, 2.05) is 19.1 Å². The van der Waals surface area contributed by atoms with Gasteiger partial charge in [-0.1, -0.05) is 56.2 Å². The fourth-order valence-corrected chi connectivity index (χ4v) is 1.47. The van der Waals surface area contributed by atoms with E-state index in [4.69, 9.17) is 25.5 Å². The molecule has 5 N–H and O–H groups in total. The van der Waals surface area contributed by atoms with Gasteiger partial charge in [0.1, 0.15) is 11.5 Å². The zero-order valence-corrected chi connectivity index (χ0v) is 13.3. The lowest BCUT2D eigenvalue weighted by Crippen LogP contribution is -2.26. The molecule has 0 fully saturated rings. The van der Waals surface area contributed by atoms with Crippen molar-refractivity contribution in [3.8, 4) is 11.5 Å². The third-order valence-electron chi connectivity index (χ3n) is 2.63. The van der Waals surface area contributed by atoms with Gasteiger partial charge in [0.15, 0.2) is 0 Å². The van der Waals surface area contributed by atoms with Crippen molar-refractivity contribution in [1.29, 1.82) is 0 Å². The van der Waals surface area contributed by atoms with E-state index in [0.29, 0.717) is 17.9 Å². The summed E-state index contributed by atoms with van der Waals surface area (Å²) in [6, 6.07) is 17.4. The van der Waals surface area contributed by atoms with Crippen LogP contribution in [0.2, 0.25) is 0 Å². The molecule has 128 valence electrons. The van der Waals surface area contributed by atoms with E-state index in [2.05, 4.69) is 0 Å². The molecule has 0 heterocycles. The molecule has 23 heavy (non-hydrogen) atoms. The lowest BCUT2D eigenvalue weighted by molar-refractivity contribution is -0.314. The monoisotopic (exact) mass is 322 g/mol. The van der Waals surface area contributed by atoms with Crippen molar-refractivity contribution in [2.75, 3.05) is 0 Å². The van der Waals surface area contributed by atoms with Crippen LogP contribution in [0.1, 0.15) is 32.6 Å². The van der Waals surface area contributed by atoms with Crippen LogP contribution in [0.3, 0.4) is 0 Å². The summed E-state index contributed by atoms with van der Waals surface area (Å²) >= 11 is 0. The molecular weight excluding hydrogens is 296 g/mol. The number of aromatic hydroxyl groups is 2. The Kier molecular flexibility index (Phi) is 11.3. The van der Waals surface area contributed by atoms with Gasteiger partial charge in [0.2, 0.25) is 0 Å². The highest BCUT2D eigenvalue weighted by Gasteiger charge is 2.15. The predicted octanol–water partition coefficient (Wildman–Crippen LogP) is 2.98. The van der Waals surface area contributed by atoms with Gasteiger partial charge in [0.05, 0.1) is 0 Å². The van der Waals surface area contributed by atoms with Gasteiger partial charge < -0.3 is 25.5 Å². The standard InChI is InChI=1S/C6H14O3.2C6H6O/c1-2-3-4-5-6(7,8)9;2*7-6-4-2-1-3-5-6/h7-9H,2-5H2,1H3;2*1-5,7H. The summed E-state index contributed by atoms with van der Waals surface area (Å²) in [6.45, 7) is 2.01. The van der Waals surface area contributed by atoms with Crippen LogP contribution < -0.4 is 0 Å². The summed E-state index contributed by atoms with van der Waals surface area (Å²) in [5, 5.41) is 42.3. The number of aliphatic hydroxyl groups is 3. The Labute approximate surface area is 137 Å². The molecule has 0 aliphatic carbocycles. The summed E-state index contributed by atoms with van der Waals surface area (Å²) in [6.07, 6.45) is 2.63. The van der Waals surface area contributed by atoms with Crippen molar-refractivity contribution in [2.24, 2.45) is 0 Å². The SMILES string of the molecule is CCCCCC(O)(O)O.Oc1ccccc1.Oc1ccccc1. The molecule has 0 amide bonds. The molecular formula is C18H26O5. The molecule has 0 aromatic heterocycles. The maximum Gasteiger partial charge on any atom is 0.275 e. The molecule has 0 aliphatic heterocycles. The van der Waals surface area contributed by atoms with Gasteiger partial charge >= 0.3 is 0 Å². The van der Waals surface area contributed by atoms with E-state index in [-0.39, 0.29) is 6.42 Å². The van der Waals surface area contributed by atoms with Gasteiger partial charge in [0, 0.05) is 6.42 Å². The maximum atomic E-state index is 8.63. The first-order valence-electron chi connectivity index (χ1n) is 7.50. The van der Waals surface area contributed by atoms with Crippen LogP contribution in [0.5, 0.6) is 11.5 Å². The lowest BCUT2D eigenvalue weighted by Gasteiger charge is -2.12. The van der Waals surface area contributed by atoms with Crippen LogP contribution in [0.25, 0.3) is 0 Å². The Morgan fingerprint density at radius 3 is 1.30 bits per heavy atom. The minimum atomic E-state index is -2.45. The summed E-state index contributed by atoms with van der Waals surface area (Å²) in [7, 11) is 0. The number of phenolic OH excluding ortho intramolecular Hbond substituents is 2. The van der Waals surface area contributed by atoms with Gasteiger partial charge in [0.25, 0.3) is 5.97 Å². The van der Waals surface area contributed by atoms with Crippen LogP contribution in [0.4, 0.5) is 0 Å². The lowest BCUT2D eigenvalue weighted by atomic mass is 10.2. The van der Waals surface area contributed by atoms with E-state index in [0.717, 1.165) is 12.8 Å². The van der Waals surface area contributed by atoms with Crippen LogP contribution in [0.15, 0.2) is 60.7 Å². The number of phenols is 2. The normalized spacial score (nSPS) is 9.91. The van der Waals surface area contributed by atoms with Crippen molar-refractivity contribution < 1.29 is 25.5 Å². The molecule has 2 aromatic rings. The molecule has 5 heteroatoms. The Morgan fingerprint density at radius 1 is 0.696 bits per heavy atom. The fraction of sp³-hybridized carbons (Fsp3) is 0.333. The average molecular weight is 322 g/mol. The van der Waals surface area contributed by atoms with Crippen molar-refractivity contribution in [1.82, 2.24) is 0 Å². The smallest absolute Gasteiger partial charge is 0.275 e. The number of hydrogen-bond donors (Lipinski definition) is 5. The highest BCUT2D eigenvalue weighted by Crippen LogP contribution is 2.07. The molecule has 0 saturated carbocycles. The van der Waals surface area contributed by atoms with E-state index >= 15 is 0 Å². The third-order valence-corrected chi connectivity index (χ3v) is 2.63. The molecule has 0 unspecified atom stereocenters. The van der Waals surface area contributed by atoms with Crippen molar-refractivity contribution in [3.05, 3.63) is 60.7 Å². The fourth-order valence-electron chi connectivity index (χ4n) is 1.47. The second kappa shape index (κ2) is 12.5. The molecule has 0 spiro atoms. The summed E-state index contributed by atoms with van der Waals surface area (Å²) in [4.78, 5) is 0. The highest BCUT2D eigenvalue weighted by atomic mass is 16.7. The van der Waals surface area contributed by atoms with Gasteiger partial charge in [-0.25, -0.2) is 0 Å². The number of benzene rings is 2. The summed E-state index contributed by atoms with van der Waals surface area (Å²) in [5.74, 6) is -1.81. The highest BCUT2D eigenvalue weighted by molar-refractivity contribution is 5.19. The third kappa shape index (κ3) is 16.1. The molecule has 0 bridgehead atoms. The number of unbranched alkanes of at least 4 members (excludes halogenated alkanes) is 2. The maximum absolute atomic E-state index is 8.63. The first kappa shape index (κ1) is 20.9. The van der Waals surface area contributed by atoms with Crippen molar-refractivity contribution in [2.45, 2.75) is 38.6 Å². The Morgan fingerprint density at radius 2 is 1.09 bits per heavy atom. The van der Waals surface area contributed by atoms with E-state index in [1.165, 1.54) is 0 Å². The van der Waals surface area contributed by atoms with Crippen molar-refractivity contribution in [3.63, 3.8) is 0 Å². The van der Waals surface area contributed by atoms with Crippen LogP contribution >= 0.6 is 0 Å². The first-order valence-corrected chi connectivity index (χ1v) is 7.50. The second-order valence-electron chi connectivity index (χ2n) is 4.90. The van der Waals surface area contributed by atoms with E-state index in [9.17, 15) is 0 Å². The van der Waals surface area contributed by atoms with Gasteiger partial charge in [-0.2, -0.15) is 0 Å². The zero-order chi connectivity index (χ0) is 17.6. The first-order chi connectivity index (χ1) is 10.8. The number of rotatable bonds is 4.